The molecule has 1 atom stereocenters. The molecule has 1 aromatic carbocycles. The maximum absolute atomic E-state index is 12.7. The summed E-state index contributed by atoms with van der Waals surface area (Å²) >= 11 is 1.77. The van der Waals surface area contributed by atoms with E-state index in [-0.39, 0.29) is 10.6 Å². The lowest BCUT2D eigenvalue weighted by molar-refractivity contribution is -0.385. The largest absolute Gasteiger partial charge is 0.269 e. The van der Waals surface area contributed by atoms with Gasteiger partial charge in [0.1, 0.15) is 0 Å². The van der Waals surface area contributed by atoms with Crippen LogP contribution in [0.4, 0.5) is 5.69 Å². The van der Waals surface area contributed by atoms with E-state index in [1.54, 1.807) is 18.7 Å². The maximum Gasteiger partial charge on any atom is 0.269 e. The molecule has 116 valence electrons. The molecule has 1 heterocycles. The van der Waals surface area contributed by atoms with Gasteiger partial charge in [-0.25, -0.2) is 8.42 Å². The van der Waals surface area contributed by atoms with Crippen molar-refractivity contribution in [2.24, 2.45) is 0 Å². The van der Waals surface area contributed by atoms with Gasteiger partial charge in [0.2, 0.25) is 10.0 Å². The summed E-state index contributed by atoms with van der Waals surface area (Å²) in [5, 5.41) is 11.2. The Morgan fingerprint density at radius 1 is 1.38 bits per heavy atom. The first kappa shape index (κ1) is 16.3. The van der Waals surface area contributed by atoms with Crippen molar-refractivity contribution in [3.8, 4) is 0 Å². The van der Waals surface area contributed by atoms with E-state index in [9.17, 15) is 18.5 Å². The number of nitrogens with zero attached hydrogens (tertiary/aromatic N) is 2. The van der Waals surface area contributed by atoms with E-state index < -0.39 is 14.9 Å². The molecule has 8 heteroatoms. The minimum Gasteiger partial charge on any atom is -0.258 e. The van der Waals surface area contributed by atoms with Crippen LogP contribution in [-0.4, -0.2) is 41.7 Å². The van der Waals surface area contributed by atoms with Gasteiger partial charge in [-0.2, -0.15) is 16.1 Å². The predicted octanol–water partition coefficient (Wildman–Crippen LogP) is 2.42. The molecule has 1 saturated heterocycles. The van der Waals surface area contributed by atoms with E-state index in [0.29, 0.717) is 23.9 Å². The van der Waals surface area contributed by atoms with Crippen LogP contribution in [0.3, 0.4) is 0 Å². The van der Waals surface area contributed by atoms with Crippen LogP contribution in [-0.2, 0) is 10.0 Å². The highest BCUT2D eigenvalue weighted by atomic mass is 32.2. The Morgan fingerprint density at radius 3 is 2.71 bits per heavy atom. The Kier molecular flexibility index (Phi) is 4.90. The van der Waals surface area contributed by atoms with Crippen molar-refractivity contribution in [2.75, 3.05) is 18.8 Å². The Balaban J connectivity index is 2.33. The molecule has 1 fully saturated rings. The zero-order valence-corrected chi connectivity index (χ0v) is 13.6. The van der Waals surface area contributed by atoms with Crippen LogP contribution in [0.5, 0.6) is 0 Å². The van der Waals surface area contributed by atoms with Crippen LogP contribution in [0.2, 0.25) is 0 Å². The van der Waals surface area contributed by atoms with Gasteiger partial charge in [0.05, 0.1) is 9.82 Å². The normalized spacial score (nSPS) is 21.0. The first-order chi connectivity index (χ1) is 9.82. The number of nitro groups is 1. The molecule has 21 heavy (non-hydrogen) atoms. The zero-order valence-electron chi connectivity index (χ0n) is 12.0. The number of hydrogen-bond acceptors (Lipinski definition) is 5. The smallest absolute Gasteiger partial charge is 0.258 e. The summed E-state index contributed by atoms with van der Waals surface area (Å²) in [7, 11) is -3.58. The van der Waals surface area contributed by atoms with Crippen molar-refractivity contribution in [3.05, 3.63) is 33.9 Å². The second-order valence-electron chi connectivity index (χ2n) is 5.08. The average molecular weight is 330 g/mol. The second kappa shape index (κ2) is 6.33. The number of sulfonamides is 1. The SMILES string of the molecule is Cc1cc([N+](=O)[O-])ccc1S(=O)(=O)N1CCSC(C)CC1. The Hall–Kier alpha value is -1.12. The highest BCUT2D eigenvalue weighted by Gasteiger charge is 2.28. The van der Waals surface area contributed by atoms with Crippen LogP contribution in [0, 0.1) is 17.0 Å². The maximum atomic E-state index is 12.7. The van der Waals surface area contributed by atoms with E-state index >= 15 is 0 Å². The van der Waals surface area contributed by atoms with Gasteiger partial charge in [-0.05, 0) is 25.0 Å². The van der Waals surface area contributed by atoms with Crippen molar-refractivity contribution in [2.45, 2.75) is 30.4 Å². The number of rotatable bonds is 3. The van der Waals surface area contributed by atoms with E-state index in [0.717, 1.165) is 12.2 Å². The van der Waals surface area contributed by atoms with E-state index in [4.69, 9.17) is 0 Å². The van der Waals surface area contributed by atoms with Crippen molar-refractivity contribution in [1.29, 1.82) is 0 Å². The summed E-state index contributed by atoms with van der Waals surface area (Å²) in [6, 6.07) is 3.89. The Labute approximate surface area is 128 Å². The average Bonchev–Trinajstić information content (AvgIpc) is 2.63. The molecule has 0 aliphatic carbocycles. The Morgan fingerprint density at radius 2 is 2.10 bits per heavy atom. The van der Waals surface area contributed by atoms with Gasteiger partial charge < -0.3 is 0 Å². The quantitative estimate of drug-likeness (QED) is 0.628. The minimum absolute atomic E-state index is 0.0912. The lowest BCUT2D eigenvalue weighted by Gasteiger charge is -2.20. The van der Waals surface area contributed by atoms with Crippen LogP contribution in [0.15, 0.2) is 23.1 Å². The number of aryl methyl sites for hydroxylation is 1. The topological polar surface area (TPSA) is 80.5 Å². The fourth-order valence-electron chi connectivity index (χ4n) is 2.29. The van der Waals surface area contributed by atoms with E-state index in [1.165, 1.54) is 22.5 Å². The zero-order chi connectivity index (χ0) is 15.6. The van der Waals surface area contributed by atoms with E-state index in [1.807, 2.05) is 0 Å². The summed E-state index contributed by atoms with van der Waals surface area (Å²) in [6.07, 6.45) is 0.815. The summed E-state index contributed by atoms with van der Waals surface area (Å²) < 4.78 is 26.9. The number of benzene rings is 1. The lowest BCUT2D eigenvalue weighted by Crippen LogP contribution is -2.33. The van der Waals surface area contributed by atoms with Gasteiger partial charge >= 0.3 is 0 Å². The molecule has 0 saturated carbocycles. The molecule has 1 aliphatic rings. The molecule has 0 spiro atoms. The molecule has 1 aromatic rings. The summed E-state index contributed by atoms with van der Waals surface area (Å²) in [6.45, 7) is 4.66. The molecule has 0 radical (unpaired) electrons. The van der Waals surface area contributed by atoms with Crippen molar-refractivity contribution in [3.63, 3.8) is 0 Å². The highest BCUT2D eigenvalue weighted by Crippen LogP contribution is 2.27. The molecule has 0 N–H and O–H groups in total. The van der Waals surface area contributed by atoms with Gasteiger partial charge in [-0.3, -0.25) is 10.1 Å². The third-order valence-electron chi connectivity index (χ3n) is 3.52. The lowest BCUT2D eigenvalue weighted by atomic mass is 10.2. The van der Waals surface area contributed by atoms with Gasteiger partial charge in [-0.1, -0.05) is 6.92 Å². The molecular weight excluding hydrogens is 312 g/mol. The summed E-state index contributed by atoms with van der Waals surface area (Å²) in [4.78, 5) is 10.4. The molecule has 2 rings (SSSR count). The van der Waals surface area contributed by atoms with Gasteiger partial charge in [0, 0.05) is 36.2 Å². The van der Waals surface area contributed by atoms with Crippen LogP contribution in [0.25, 0.3) is 0 Å². The van der Waals surface area contributed by atoms with Gasteiger partial charge in [0.15, 0.2) is 0 Å². The van der Waals surface area contributed by atoms with Gasteiger partial charge in [0.25, 0.3) is 5.69 Å². The minimum atomic E-state index is -3.58. The van der Waals surface area contributed by atoms with Crippen LogP contribution in [0.1, 0.15) is 18.9 Å². The molecular formula is C13H18N2O4S2. The van der Waals surface area contributed by atoms with Crippen molar-refractivity contribution < 1.29 is 13.3 Å². The highest BCUT2D eigenvalue weighted by molar-refractivity contribution is 8.00. The second-order valence-corrected chi connectivity index (χ2v) is 8.53. The van der Waals surface area contributed by atoms with Crippen molar-refractivity contribution in [1.82, 2.24) is 4.31 Å². The standard InChI is InChI=1S/C13H18N2O4S2/c1-10-9-12(15(16)17)3-4-13(10)21(18,19)14-6-5-11(2)20-8-7-14/h3-4,9,11H,5-8H2,1-2H3. The first-order valence-corrected chi connectivity index (χ1v) is 9.18. The summed E-state index contributed by atoms with van der Waals surface area (Å²) in [5.41, 5.74) is 0.320. The van der Waals surface area contributed by atoms with Gasteiger partial charge in [-0.15, -0.1) is 0 Å². The molecule has 0 bridgehead atoms. The van der Waals surface area contributed by atoms with Crippen LogP contribution < -0.4 is 0 Å². The van der Waals surface area contributed by atoms with Crippen molar-refractivity contribution >= 4 is 27.5 Å². The number of non-ortho nitro benzene ring substituents is 1. The molecule has 1 aliphatic heterocycles. The van der Waals surface area contributed by atoms with E-state index in [2.05, 4.69) is 6.92 Å². The number of nitro benzene ring substituents is 1. The fourth-order valence-corrected chi connectivity index (χ4v) is 5.07. The number of thioether (sulfide) groups is 1. The molecule has 0 amide bonds. The molecule has 1 unspecified atom stereocenters. The third kappa shape index (κ3) is 3.56. The first-order valence-electron chi connectivity index (χ1n) is 6.69. The Bertz CT molecular complexity index is 646. The van der Waals surface area contributed by atoms with Crippen LogP contribution >= 0.6 is 11.8 Å². The molecule has 0 aromatic heterocycles. The summed E-state index contributed by atoms with van der Waals surface area (Å²) in [5.74, 6) is 0.770. The third-order valence-corrected chi connectivity index (χ3v) is 6.80. The molecule has 6 nitrogen and oxygen atoms in total. The monoisotopic (exact) mass is 330 g/mol. The fraction of sp³-hybridized carbons (Fsp3) is 0.538. The number of hydrogen-bond donors (Lipinski definition) is 0. The predicted molar refractivity (Wildman–Crippen MR) is 83.1 cm³/mol.